The first-order valence-corrected chi connectivity index (χ1v) is 13.9. The third-order valence-electron chi connectivity index (χ3n) is 12.1. The first-order valence-electron chi connectivity index (χ1n) is 13.9. The number of esters is 1. The molecule has 3 saturated carbocycles. The van der Waals surface area contributed by atoms with Crippen LogP contribution in [0.25, 0.3) is 4.85 Å². The first kappa shape index (κ1) is 26.5. The summed E-state index contributed by atoms with van der Waals surface area (Å²) in [6, 6.07) is 0. The number of nitrogens with zero attached hydrogens (tertiary/aromatic N) is 1. The third kappa shape index (κ3) is 3.32. The second kappa shape index (κ2) is 7.94. The molecule has 0 heterocycles. The molecule has 37 heavy (non-hydrogen) atoms. The molecule has 0 aromatic carbocycles. The summed E-state index contributed by atoms with van der Waals surface area (Å²) < 4.78 is 5.24. The highest BCUT2D eigenvalue weighted by molar-refractivity contribution is 5.95. The maximum atomic E-state index is 14.3. The highest BCUT2D eigenvalue weighted by Gasteiger charge is 2.69. The molecule has 5 aliphatic carbocycles. The number of methoxy groups -OCH3 is 1. The maximum absolute atomic E-state index is 14.3. The van der Waals surface area contributed by atoms with Crippen molar-refractivity contribution in [3.8, 4) is 0 Å². The van der Waals surface area contributed by atoms with Crippen LogP contribution in [0.15, 0.2) is 23.1 Å². The van der Waals surface area contributed by atoms with Gasteiger partial charge in [-0.1, -0.05) is 40.2 Å². The minimum absolute atomic E-state index is 0.0536. The predicted octanol–water partition coefficient (Wildman–Crippen LogP) is 6.02. The van der Waals surface area contributed by atoms with Crippen molar-refractivity contribution in [3.05, 3.63) is 34.5 Å². The van der Waals surface area contributed by atoms with E-state index < -0.39 is 11.0 Å². The van der Waals surface area contributed by atoms with Crippen LogP contribution in [0, 0.1) is 57.8 Å². The summed E-state index contributed by atoms with van der Waals surface area (Å²) in [6.07, 6.45) is 7.21. The lowest BCUT2D eigenvalue weighted by molar-refractivity contribution is -0.175. The van der Waals surface area contributed by atoms with Gasteiger partial charge in [-0.3, -0.25) is 9.59 Å². The molecule has 9 atom stereocenters. The molecule has 6 heteroatoms. The van der Waals surface area contributed by atoms with Gasteiger partial charge in [0.2, 0.25) is 5.70 Å². The Hall–Kier alpha value is -2.13. The van der Waals surface area contributed by atoms with Crippen LogP contribution < -0.4 is 0 Å². The second-order valence-electron chi connectivity index (χ2n) is 14.5. The van der Waals surface area contributed by atoms with E-state index in [-0.39, 0.29) is 69.0 Å². The van der Waals surface area contributed by atoms with Crippen molar-refractivity contribution in [2.75, 3.05) is 7.11 Å². The first-order chi connectivity index (χ1) is 17.1. The molecule has 0 aliphatic heterocycles. The van der Waals surface area contributed by atoms with Crippen LogP contribution in [0.2, 0.25) is 0 Å². The summed E-state index contributed by atoms with van der Waals surface area (Å²) in [5.74, 6) is -0.562. The number of carbonyl (C=O) groups excluding carboxylic acids is 2. The van der Waals surface area contributed by atoms with Crippen LogP contribution in [0.1, 0.15) is 86.5 Å². The van der Waals surface area contributed by atoms with Crippen molar-refractivity contribution in [2.24, 2.45) is 51.2 Å². The molecule has 0 bridgehead atoms. The van der Waals surface area contributed by atoms with Crippen molar-refractivity contribution < 1.29 is 24.5 Å². The van der Waals surface area contributed by atoms with E-state index in [2.05, 4.69) is 39.5 Å². The molecule has 5 aliphatic rings. The average molecular weight is 510 g/mol. The van der Waals surface area contributed by atoms with Gasteiger partial charge in [0.25, 0.3) is 0 Å². The minimum atomic E-state index is -1.51. The van der Waals surface area contributed by atoms with Crippen molar-refractivity contribution in [1.82, 2.24) is 0 Å². The smallest absolute Gasteiger partial charge is 0.308 e. The molecule has 1 unspecified atom stereocenters. The van der Waals surface area contributed by atoms with E-state index in [0.29, 0.717) is 12.8 Å². The summed E-state index contributed by atoms with van der Waals surface area (Å²) in [4.78, 5) is 30.7. The molecule has 0 saturated heterocycles. The van der Waals surface area contributed by atoms with Crippen LogP contribution in [0.4, 0.5) is 0 Å². The Morgan fingerprint density at radius 1 is 1.08 bits per heavy atom. The summed E-state index contributed by atoms with van der Waals surface area (Å²) in [5, 5.41) is 22.2. The molecular formula is C31H43NO5. The number of hydrogen-bond donors (Lipinski definition) is 2. The van der Waals surface area contributed by atoms with E-state index in [1.54, 1.807) is 6.92 Å². The predicted molar refractivity (Wildman–Crippen MR) is 140 cm³/mol. The Morgan fingerprint density at radius 2 is 1.76 bits per heavy atom. The van der Waals surface area contributed by atoms with E-state index >= 15 is 0 Å². The Balaban J connectivity index is 1.64. The van der Waals surface area contributed by atoms with Gasteiger partial charge in [-0.05, 0) is 91.4 Å². The molecule has 0 radical (unpaired) electrons. The lowest BCUT2D eigenvalue weighted by atomic mass is 9.35. The van der Waals surface area contributed by atoms with Crippen LogP contribution in [-0.4, -0.2) is 34.7 Å². The van der Waals surface area contributed by atoms with Gasteiger partial charge in [-0.2, -0.15) is 0 Å². The summed E-state index contributed by atoms with van der Waals surface area (Å²) in [6.45, 7) is 20.4. The highest BCUT2D eigenvalue weighted by Crippen LogP contribution is 2.73. The number of aliphatic hydroxyl groups excluding tert-OH is 1. The number of allylic oxidation sites excluding steroid dienone is 3. The van der Waals surface area contributed by atoms with E-state index in [9.17, 15) is 19.8 Å². The van der Waals surface area contributed by atoms with Crippen molar-refractivity contribution in [2.45, 2.75) is 92.1 Å². The molecule has 0 amide bonds. The number of rotatable bonds is 1. The zero-order valence-corrected chi connectivity index (χ0v) is 23.5. The quantitative estimate of drug-likeness (QED) is 0.333. The Kier molecular flexibility index (Phi) is 5.68. The molecule has 202 valence electrons. The van der Waals surface area contributed by atoms with Crippen LogP contribution in [0.3, 0.4) is 0 Å². The largest absolute Gasteiger partial charge is 0.521 e. The topological polar surface area (TPSA) is 88.2 Å². The highest BCUT2D eigenvalue weighted by atomic mass is 16.5. The van der Waals surface area contributed by atoms with Crippen molar-refractivity contribution in [1.29, 1.82) is 0 Å². The summed E-state index contributed by atoms with van der Waals surface area (Å²) >= 11 is 0. The van der Waals surface area contributed by atoms with E-state index in [1.807, 2.05) is 6.08 Å². The van der Waals surface area contributed by atoms with Gasteiger partial charge in [0, 0.05) is 11.8 Å². The standard InChI is InChI=1S/C31H43NO5/c1-27(2)14-18-17(19(15-27)26(35)37-8)9-11-30(5)24(18)21(33)13-23-28(3)16-20(32-7)25(34)31(6,36)22(28)10-12-29(23,30)4/h13,17-19,22,24,34,36H,9-12,14-16H2,1-6,8H3/t17?,18-,19-,22-,24+,28+,29-,30-,31-/m1/s1. The third-order valence-corrected chi connectivity index (χ3v) is 12.1. The molecular weight excluding hydrogens is 466 g/mol. The molecule has 2 N–H and O–H groups in total. The molecule has 0 aromatic heterocycles. The number of ether oxygens (including phenoxy) is 1. The van der Waals surface area contributed by atoms with Gasteiger partial charge in [-0.25, -0.2) is 4.85 Å². The zero-order chi connectivity index (χ0) is 27.3. The van der Waals surface area contributed by atoms with Gasteiger partial charge in [0.1, 0.15) is 11.4 Å². The Labute approximate surface area is 221 Å². The van der Waals surface area contributed by atoms with E-state index in [0.717, 1.165) is 37.7 Å². The number of ketones is 1. The number of aliphatic hydroxyl groups is 2. The lowest BCUT2D eigenvalue weighted by Crippen LogP contribution is -2.64. The zero-order valence-electron chi connectivity index (χ0n) is 23.5. The van der Waals surface area contributed by atoms with Crippen molar-refractivity contribution in [3.63, 3.8) is 0 Å². The van der Waals surface area contributed by atoms with E-state index in [1.165, 1.54) is 7.11 Å². The number of fused-ring (bicyclic) bond motifs is 7. The maximum Gasteiger partial charge on any atom is 0.308 e. The molecule has 0 spiro atoms. The molecule has 6 nitrogen and oxygen atoms in total. The Morgan fingerprint density at radius 3 is 2.38 bits per heavy atom. The monoisotopic (exact) mass is 509 g/mol. The average Bonchev–Trinajstić information content (AvgIpc) is 2.81. The number of hydrogen-bond acceptors (Lipinski definition) is 5. The van der Waals surface area contributed by atoms with Crippen molar-refractivity contribution >= 4 is 11.8 Å². The van der Waals surface area contributed by atoms with Crippen LogP contribution >= 0.6 is 0 Å². The van der Waals surface area contributed by atoms with Crippen LogP contribution in [-0.2, 0) is 14.3 Å². The van der Waals surface area contributed by atoms with Gasteiger partial charge in [0.15, 0.2) is 5.78 Å². The van der Waals surface area contributed by atoms with Gasteiger partial charge >= 0.3 is 5.97 Å². The molecule has 5 rings (SSSR count). The van der Waals surface area contributed by atoms with Gasteiger partial charge < -0.3 is 14.9 Å². The normalized spacial score (nSPS) is 48.5. The summed E-state index contributed by atoms with van der Waals surface area (Å²) in [5.41, 5.74) is -1.47. The fourth-order valence-corrected chi connectivity index (χ4v) is 10.3. The second-order valence-corrected chi connectivity index (χ2v) is 14.5. The molecule has 0 aromatic rings. The number of carbonyl (C=O) groups is 2. The SMILES string of the molecule is [C-]#[N+]C1=C(O)[C@](C)(O)[C@@H]2CC[C@]3(C)C(=CC(=O)[C@@H]4[C@@H]5CC(C)(C)C[C@@H](C(=O)OC)C5CC[C@]43C)[C@@]2(C)C1. The fraction of sp³-hybridized carbons (Fsp3) is 0.774. The molecule has 3 fully saturated rings. The van der Waals surface area contributed by atoms with Crippen LogP contribution in [0.5, 0.6) is 0 Å². The minimum Gasteiger partial charge on any atom is -0.521 e. The van der Waals surface area contributed by atoms with E-state index in [4.69, 9.17) is 11.3 Å². The fourth-order valence-electron chi connectivity index (χ4n) is 10.3. The lowest BCUT2D eigenvalue weighted by Gasteiger charge is -2.68. The summed E-state index contributed by atoms with van der Waals surface area (Å²) in [7, 11) is 1.47. The Bertz CT molecular complexity index is 1160. The van der Waals surface area contributed by atoms with Gasteiger partial charge in [0.05, 0.1) is 19.6 Å². The van der Waals surface area contributed by atoms with Gasteiger partial charge in [-0.15, -0.1) is 0 Å².